The van der Waals surface area contributed by atoms with Crippen LogP contribution in [0.15, 0.2) is 48.9 Å². The van der Waals surface area contributed by atoms with Gasteiger partial charge in [-0.05, 0) is 56.4 Å². The van der Waals surface area contributed by atoms with Crippen molar-refractivity contribution in [1.29, 1.82) is 0 Å². The predicted octanol–water partition coefficient (Wildman–Crippen LogP) is 4.37. The number of pyridine rings is 1. The van der Waals surface area contributed by atoms with Crippen LogP contribution in [0.5, 0.6) is 0 Å². The summed E-state index contributed by atoms with van der Waals surface area (Å²) in [4.78, 5) is 8.71. The van der Waals surface area contributed by atoms with Crippen molar-refractivity contribution in [2.75, 3.05) is 4.90 Å². The molecule has 4 heteroatoms. The summed E-state index contributed by atoms with van der Waals surface area (Å²) in [5.41, 5.74) is 6.24. The second-order valence-corrected chi connectivity index (χ2v) is 5.56. The number of aryl methyl sites for hydroxylation is 3. The van der Waals surface area contributed by atoms with Crippen LogP contribution in [-0.2, 0) is 27.0 Å². The summed E-state index contributed by atoms with van der Waals surface area (Å²) in [6.07, 6.45) is 6.03. The minimum absolute atomic E-state index is 0. The smallest absolute Gasteiger partial charge is 0.503 e. The van der Waals surface area contributed by atoms with E-state index >= 15 is 0 Å². The van der Waals surface area contributed by atoms with Gasteiger partial charge in [0.1, 0.15) is 0 Å². The van der Waals surface area contributed by atoms with Crippen LogP contribution in [0.3, 0.4) is 0 Å². The van der Waals surface area contributed by atoms with E-state index in [0.717, 1.165) is 12.2 Å². The molecular weight excluding hydrogens is 377 g/mol. The number of hydrogen-bond donors (Lipinski definition) is 0. The number of rotatable bonds is 3. The first-order valence-electron chi connectivity index (χ1n) is 7.18. The van der Waals surface area contributed by atoms with Crippen molar-refractivity contribution >= 4 is 5.69 Å². The Morgan fingerprint density at radius 1 is 1.04 bits per heavy atom. The van der Waals surface area contributed by atoms with Crippen LogP contribution >= 0.6 is 0 Å². The zero-order valence-corrected chi connectivity index (χ0v) is 15.6. The molecule has 1 aromatic carbocycles. The van der Waals surface area contributed by atoms with Crippen molar-refractivity contribution in [3.05, 3.63) is 85.4 Å². The van der Waals surface area contributed by atoms with Gasteiger partial charge in [-0.2, -0.15) is 6.67 Å². The Labute approximate surface area is 153 Å². The molecule has 0 amide bonds. The van der Waals surface area contributed by atoms with E-state index in [1.165, 1.54) is 22.4 Å². The van der Waals surface area contributed by atoms with Crippen molar-refractivity contribution in [2.24, 2.45) is 0 Å². The monoisotopic (exact) mass is 399 g/mol. The molecule has 0 N–H and O–H groups in total. The van der Waals surface area contributed by atoms with Crippen molar-refractivity contribution < 1.29 is 20.4 Å². The molecular formula is C19H23N3Pd. The molecule has 1 aromatic heterocycles. The third-order valence-corrected chi connectivity index (χ3v) is 3.66. The van der Waals surface area contributed by atoms with Gasteiger partial charge in [-0.1, -0.05) is 23.8 Å². The summed E-state index contributed by atoms with van der Waals surface area (Å²) < 4.78 is 0. The molecule has 0 saturated heterocycles. The fourth-order valence-corrected chi connectivity index (χ4v) is 2.88. The van der Waals surface area contributed by atoms with Gasteiger partial charge in [-0.25, -0.2) is 0 Å². The standard InChI is InChI=1S/C18H20N3.CH3.Pd/c1-14-10-15(2)18(16(3)11-14)21-9-8-20(13-21)12-17-6-4-5-7-19-17;;/h4-11,13H,12H2,1-3H3;1H3;/q2*-1;+2. The third-order valence-electron chi connectivity index (χ3n) is 3.66. The Hall–Kier alpha value is -1.63. The van der Waals surface area contributed by atoms with E-state index in [-0.39, 0.29) is 27.8 Å². The van der Waals surface area contributed by atoms with Gasteiger partial charge < -0.3 is 17.2 Å². The largest absolute Gasteiger partial charge is 2.00 e. The number of aromatic nitrogens is 1. The van der Waals surface area contributed by atoms with E-state index in [9.17, 15) is 0 Å². The molecule has 0 fully saturated rings. The maximum Gasteiger partial charge on any atom is 2.00 e. The molecule has 2 aromatic rings. The van der Waals surface area contributed by atoms with Gasteiger partial charge in [-0.3, -0.25) is 4.98 Å². The van der Waals surface area contributed by atoms with E-state index < -0.39 is 0 Å². The average Bonchev–Trinajstić information content (AvgIpc) is 2.87. The summed E-state index contributed by atoms with van der Waals surface area (Å²) >= 11 is 0. The zero-order valence-electron chi connectivity index (χ0n) is 14.1. The van der Waals surface area contributed by atoms with Crippen molar-refractivity contribution in [1.82, 2.24) is 9.88 Å². The summed E-state index contributed by atoms with van der Waals surface area (Å²) in [6.45, 7) is 9.38. The van der Waals surface area contributed by atoms with Gasteiger partial charge in [0, 0.05) is 18.4 Å². The first-order valence-corrected chi connectivity index (χ1v) is 7.18. The van der Waals surface area contributed by atoms with Gasteiger partial charge in [0.15, 0.2) is 0 Å². The molecule has 2 heterocycles. The maximum atomic E-state index is 4.37. The molecule has 1 aliphatic heterocycles. The van der Waals surface area contributed by atoms with Gasteiger partial charge in [-0.15, -0.1) is 0 Å². The molecule has 3 rings (SSSR count). The van der Waals surface area contributed by atoms with Crippen LogP contribution in [0.25, 0.3) is 0 Å². The van der Waals surface area contributed by atoms with Crippen molar-refractivity contribution in [3.8, 4) is 0 Å². The van der Waals surface area contributed by atoms with E-state index in [2.05, 4.69) is 66.8 Å². The maximum absolute atomic E-state index is 4.37. The van der Waals surface area contributed by atoms with Gasteiger partial charge in [0.2, 0.25) is 0 Å². The molecule has 1 aliphatic rings. The first kappa shape index (κ1) is 19.4. The van der Waals surface area contributed by atoms with Gasteiger partial charge >= 0.3 is 20.4 Å². The molecule has 0 bridgehead atoms. The second-order valence-electron chi connectivity index (χ2n) is 5.56. The number of anilines is 1. The molecule has 0 unspecified atom stereocenters. The molecule has 0 aliphatic carbocycles. The molecule has 124 valence electrons. The number of benzene rings is 1. The van der Waals surface area contributed by atoms with Gasteiger partial charge in [0.05, 0.1) is 5.69 Å². The Morgan fingerprint density at radius 2 is 1.74 bits per heavy atom. The van der Waals surface area contributed by atoms with Crippen LogP contribution in [0.1, 0.15) is 22.4 Å². The Bertz CT molecular complexity index is 645. The van der Waals surface area contributed by atoms with Crippen LogP contribution < -0.4 is 4.90 Å². The average molecular weight is 400 g/mol. The molecule has 0 radical (unpaired) electrons. The quantitative estimate of drug-likeness (QED) is 0.564. The van der Waals surface area contributed by atoms with Crippen molar-refractivity contribution in [3.63, 3.8) is 0 Å². The fourth-order valence-electron chi connectivity index (χ4n) is 2.88. The minimum Gasteiger partial charge on any atom is -0.503 e. The molecule has 0 atom stereocenters. The Morgan fingerprint density at radius 3 is 2.35 bits per heavy atom. The summed E-state index contributed by atoms with van der Waals surface area (Å²) in [7, 11) is 0. The van der Waals surface area contributed by atoms with E-state index in [0.29, 0.717) is 0 Å². The number of hydrogen-bond acceptors (Lipinski definition) is 3. The second kappa shape index (κ2) is 8.29. The SMILES string of the molecule is Cc1cc(C)c(N2C=CN(Cc3ccccn3)[CH-]2)c(C)c1.[CH3-].[Pd+2]. The van der Waals surface area contributed by atoms with E-state index in [1.807, 2.05) is 24.4 Å². The predicted molar refractivity (Wildman–Crippen MR) is 92.8 cm³/mol. The Kier molecular flexibility index (Phi) is 7.00. The molecule has 0 saturated carbocycles. The fraction of sp³-hybridized carbons (Fsp3) is 0.211. The molecule has 3 nitrogen and oxygen atoms in total. The summed E-state index contributed by atoms with van der Waals surface area (Å²) in [5, 5.41) is 0. The molecule has 23 heavy (non-hydrogen) atoms. The van der Waals surface area contributed by atoms with Crippen molar-refractivity contribution in [2.45, 2.75) is 27.3 Å². The third kappa shape index (κ3) is 4.44. The normalized spacial score (nSPS) is 12.8. The number of nitrogens with zero attached hydrogens (tertiary/aromatic N) is 3. The Balaban J connectivity index is 0.00000132. The summed E-state index contributed by atoms with van der Waals surface area (Å²) in [5.74, 6) is 0. The van der Waals surface area contributed by atoms with Crippen LogP contribution in [0.2, 0.25) is 0 Å². The van der Waals surface area contributed by atoms with Crippen LogP contribution in [-0.4, -0.2) is 9.88 Å². The van der Waals surface area contributed by atoms with Gasteiger partial charge in [0.25, 0.3) is 0 Å². The summed E-state index contributed by atoms with van der Waals surface area (Å²) in [6, 6.07) is 10.5. The first-order chi connectivity index (χ1) is 10.1. The van der Waals surface area contributed by atoms with E-state index in [4.69, 9.17) is 0 Å². The zero-order chi connectivity index (χ0) is 14.8. The minimum atomic E-state index is 0. The molecule has 0 spiro atoms. The van der Waals surface area contributed by atoms with E-state index in [1.54, 1.807) is 0 Å². The van der Waals surface area contributed by atoms with Crippen LogP contribution in [0, 0.1) is 34.9 Å². The van der Waals surface area contributed by atoms with Crippen LogP contribution in [0.4, 0.5) is 5.69 Å². The topological polar surface area (TPSA) is 19.4 Å².